The molecule has 0 saturated heterocycles. The Balaban J connectivity index is 3.66. The molecule has 0 fully saturated rings. The zero-order chi connectivity index (χ0) is 41.5. The Morgan fingerprint density at radius 2 is 0.772 bits per heavy atom. The number of rotatable bonds is 45. The van der Waals surface area contributed by atoms with Gasteiger partial charge in [0.2, 0.25) is 5.91 Å². The van der Waals surface area contributed by atoms with Gasteiger partial charge in [-0.05, 0) is 64.2 Å². The van der Waals surface area contributed by atoms with Crippen LogP contribution in [0.5, 0.6) is 0 Å². The fraction of sp³-hybridized carbons (Fsp3) is 0.827. The summed E-state index contributed by atoms with van der Waals surface area (Å²) in [4.78, 5) is 12.5. The molecule has 0 radical (unpaired) electrons. The van der Waals surface area contributed by atoms with Gasteiger partial charge in [0.05, 0.1) is 18.8 Å². The van der Waals surface area contributed by atoms with Gasteiger partial charge in [0, 0.05) is 0 Å². The summed E-state index contributed by atoms with van der Waals surface area (Å²) in [5.74, 6) is -0.515. The minimum absolute atomic E-state index is 0.378. The Morgan fingerprint density at radius 1 is 0.439 bits per heavy atom. The molecule has 0 rings (SSSR count). The first-order chi connectivity index (χ1) is 28.1. The van der Waals surface area contributed by atoms with Gasteiger partial charge in [-0.2, -0.15) is 0 Å². The number of unbranched alkanes of at least 4 members (excludes halogenated alkanes) is 31. The lowest BCUT2D eigenvalue weighted by atomic mass is 10.0. The highest BCUT2D eigenvalue weighted by atomic mass is 16.3. The fourth-order valence-corrected chi connectivity index (χ4v) is 7.47. The monoisotopic (exact) mass is 800 g/mol. The summed E-state index contributed by atoms with van der Waals surface area (Å²) in [7, 11) is 0. The highest BCUT2D eigenvalue weighted by Gasteiger charge is 2.22. The zero-order valence-corrected chi connectivity index (χ0v) is 38.0. The molecule has 334 valence electrons. The van der Waals surface area contributed by atoms with Crippen LogP contribution in [0, 0.1) is 0 Å². The maximum Gasteiger partial charge on any atom is 0.249 e. The Labute approximate surface area is 355 Å². The van der Waals surface area contributed by atoms with Crippen LogP contribution in [0.2, 0.25) is 0 Å². The van der Waals surface area contributed by atoms with E-state index in [1.165, 1.54) is 186 Å². The molecule has 5 nitrogen and oxygen atoms in total. The van der Waals surface area contributed by atoms with E-state index in [0.717, 1.165) is 44.9 Å². The number of aliphatic hydroxyl groups excluding tert-OH is 3. The van der Waals surface area contributed by atoms with Crippen LogP contribution < -0.4 is 5.32 Å². The Kier molecular flexibility index (Phi) is 45.6. The molecule has 0 aromatic heterocycles. The van der Waals surface area contributed by atoms with Crippen LogP contribution in [-0.4, -0.2) is 46.1 Å². The molecule has 0 aliphatic rings. The van der Waals surface area contributed by atoms with Crippen LogP contribution in [0.25, 0.3) is 0 Å². The molecule has 5 heteroatoms. The lowest BCUT2D eigenvalue weighted by Crippen LogP contribution is -2.48. The van der Waals surface area contributed by atoms with Gasteiger partial charge >= 0.3 is 0 Å². The number of hydrogen-bond acceptors (Lipinski definition) is 4. The van der Waals surface area contributed by atoms with Gasteiger partial charge in [-0.1, -0.05) is 236 Å². The minimum atomic E-state index is -1.11. The summed E-state index contributed by atoms with van der Waals surface area (Å²) < 4.78 is 0. The first kappa shape index (κ1) is 55.3. The lowest BCUT2D eigenvalue weighted by Gasteiger charge is -2.21. The third-order valence-electron chi connectivity index (χ3n) is 11.4. The first-order valence-electron chi connectivity index (χ1n) is 25.0. The first-order valence-corrected chi connectivity index (χ1v) is 25.0. The normalized spacial score (nSPS) is 13.8. The molecule has 0 aromatic rings. The zero-order valence-electron chi connectivity index (χ0n) is 38.0. The Morgan fingerprint density at radius 3 is 1.18 bits per heavy atom. The number of aliphatic hydroxyl groups is 3. The second kappa shape index (κ2) is 47.0. The van der Waals surface area contributed by atoms with Crippen molar-refractivity contribution in [2.75, 3.05) is 6.61 Å². The van der Waals surface area contributed by atoms with E-state index in [1.807, 2.05) is 6.08 Å². The van der Waals surface area contributed by atoms with E-state index in [1.54, 1.807) is 6.08 Å². The van der Waals surface area contributed by atoms with E-state index in [-0.39, 0.29) is 6.61 Å². The van der Waals surface area contributed by atoms with E-state index >= 15 is 0 Å². The highest BCUT2D eigenvalue weighted by Crippen LogP contribution is 2.15. The van der Waals surface area contributed by atoms with Crippen molar-refractivity contribution in [2.45, 2.75) is 270 Å². The van der Waals surface area contributed by atoms with Crippen LogP contribution >= 0.6 is 0 Å². The molecule has 57 heavy (non-hydrogen) atoms. The molecule has 0 aromatic carbocycles. The van der Waals surface area contributed by atoms with Crippen molar-refractivity contribution < 1.29 is 20.1 Å². The van der Waals surface area contributed by atoms with Gasteiger partial charge in [-0.25, -0.2) is 0 Å². The van der Waals surface area contributed by atoms with Gasteiger partial charge in [0.1, 0.15) is 6.10 Å². The van der Waals surface area contributed by atoms with Gasteiger partial charge in [-0.15, -0.1) is 0 Å². The second-order valence-corrected chi connectivity index (χ2v) is 17.0. The predicted octanol–water partition coefficient (Wildman–Crippen LogP) is 14.9. The summed E-state index contributed by atoms with van der Waals surface area (Å²) in [6, 6.07) is -0.817. The van der Waals surface area contributed by atoms with Crippen molar-refractivity contribution >= 4 is 5.91 Å². The molecule has 0 heterocycles. The molecule has 0 aliphatic heterocycles. The van der Waals surface area contributed by atoms with E-state index in [4.69, 9.17) is 0 Å². The van der Waals surface area contributed by atoms with Crippen molar-refractivity contribution in [2.24, 2.45) is 0 Å². The summed E-state index contributed by atoms with van der Waals surface area (Å²) in [5.41, 5.74) is 0. The molecule has 3 atom stereocenters. The van der Waals surface area contributed by atoms with Crippen molar-refractivity contribution in [3.63, 3.8) is 0 Å². The number of amides is 1. The van der Waals surface area contributed by atoms with Crippen molar-refractivity contribution in [1.29, 1.82) is 0 Å². The number of hydrogen-bond donors (Lipinski definition) is 4. The molecule has 0 bridgehead atoms. The summed E-state index contributed by atoms with van der Waals surface area (Å²) >= 11 is 0. The Hall–Kier alpha value is -1.69. The van der Waals surface area contributed by atoms with Crippen LogP contribution in [0.1, 0.15) is 251 Å². The van der Waals surface area contributed by atoms with Crippen LogP contribution in [-0.2, 0) is 4.79 Å². The van der Waals surface area contributed by atoms with E-state index in [2.05, 4.69) is 55.6 Å². The number of allylic oxidation sites excluding steroid dienone is 7. The molecule has 4 N–H and O–H groups in total. The maximum absolute atomic E-state index is 12.5. The lowest BCUT2D eigenvalue weighted by molar-refractivity contribution is -0.131. The predicted molar refractivity (Wildman–Crippen MR) is 250 cm³/mol. The standard InChI is InChI=1S/C52H97NO4/c1-3-5-7-9-11-13-15-17-19-21-22-23-24-25-26-27-28-29-31-33-35-37-39-41-43-45-47-51(56)52(57)53-49(48-54)50(55)46-44-42-40-38-36-34-32-30-20-18-16-14-12-10-8-6-4-2/h22-23,25-26,36,38,44,46,49-51,54-56H,3-21,24,27-35,37,39-43,45,47-48H2,1-2H3,(H,53,57)/b23-22-,26-25-,38-36+,46-44+. The molecular formula is C52H97NO4. The Bertz CT molecular complexity index is 927. The third-order valence-corrected chi connectivity index (χ3v) is 11.4. The van der Waals surface area contributed by atoms with E-state index in [9.17, 15) is 20.1 Å². The van der Waals surface area contributed by atoms with Gasteiger partial charge < -0.3 is 20.6 Å². The molecule has 0 aliphatic carbocycles. The summed E-state index contributed by atoms with van der Waals surface area (Å²) in [6.45, 7) is 4.18. The molecule has 0 saturated carbocycles. The minimum Gasteiger partial charge on any atom is -0.394 e. The van der Waals surface area contributed by atoms with Gasteiger partial charge in [-0.3, -0.25) is 4.79 Å². The number of carbonyl (C=O) groups excluding carboxylic acids is 1. The molecule has 1 amide bonds. The van der Waals surface area contributed by atoms with Crippen LogP contribution in [0.4, 0.5) is 0 Å². The third kappa shape index (κ3) is 42.2. The van der Waals surface area contributed by atoms with Crippen molar-refractivity contribution in [1.82, 2.24) is 5.32 Å². The number of nitrogens with one attached hydrogen (secondary N) is 1. The second-order valence-electron chi connectivity index (χ2n) is 17.0. The topological polar surface area (TPSA) is 89.8 Å². The SMILES string of the molecule is CCCCCCCCCCC/C=C\C/C=C\CCCCCCCCCCCCC(O)C(=O)NC(CO)C(O)/C=C/CC/C=C/CCCCCCCCCCCCC. The van der Waals surface area contributed by atoms with E-state index < -0.39 is 24.2 Å². The van der Waals surface area contributed by atoms with Gasteiger partial charge in [0.25, 0.3) is 0 Å². The summed E-state index contributed by atoms with van der Waals surface area (Å²) in [5, 5.41) is 33.2. The molecular weight excluding hydrogens is 703 g/mol. The van der Waals surface area contributed by atoms with Crippen LogP contribution in [0.3, 0.4) is 0 Å². The average Bonchev–Trinajstić information content (AvgIpc) is 3.22. The highest BCUT2D eigenvalue weighted by molar-refractivity contribution is 5.80. The van der Waals surface area contributed by atoms with Crippen molar-refractivity contribution in [3.8, 4) is 0 Å². The fourth-order valence-electron chi connectivity index (χ4n) is 7.47. The molecule has 0 spiro atoms. The smallest absolute Gasteiger partial charge is 0.249 e. The largest absolute Gasteiger partial charge is 0.394 e. The number of carbonyl (C=O) groups is 1. The van der Waals surface area contributed by atoms with Crippen LogP contribution in [0.15, 0.2) is 48.6 Å². The average molecular weight is 800 g/mol. The summed E-state index contributed by atoms with van der Waals surface area (Å²) in [6.07, 6.45) is 61.6. The maximum atomic E-state index is 12.5. The van der Waals surface area contributed by atoms with Gasteiger partial charge in [0.15, 0.2) is 0 Å². The van der Waals surface area contributed by atoms with E-state index in [0.29, 0.717) is 6.42 Å². The van der Waals surface area contributed by atoms with Crippen molar-refractivity contribution in [3.05, 3.63) is 48.6 Å². The molecule has 3 unspecified atom stereocenters. The quantitative estimate of drug-likeness (QED) is 0.0365.